The highest BCUT2D eigenvalue weighted by molar-refractivity contribution is 7.90. The summed E-state index contributed by atoms with van der Waals surface area (Å²) in [5.74, 6) is 6.93. The maximum absolute atomic E-state index is 12.6. The van der Waals surface area contributed by atoms with Gasteiger partial charge in [-0.3, -0.25) is 4.79 Å². The lowest BCUT2D eigenvalue weighted by Crippen LogP contribution is -2.39. The molecule has 2 aromatic heterocycles. The Bertz CT molecular complexity index is 1380. The van der Waals surface area contributed by atoms with Crippen LogP contribution < -0.4 is 5.32 Å². The van der Waals surface area contributed by atoms with E-state index >= 15 is 0 Å². The van der Waals surface area contributed by atoms with Gasteiger partial charge in [-0.15, -0.1) is 0 Å². The molecule has 5 rings (SSSR count). The zero-order valence-electron chi connectivity index (χ0n) is 16.6. The normalized spacial score (nSPS) is 24.6. The van der Waals surface area contributed by atoms with Crippen LogP contribution in [0.2, 0.25) is 5.02 Å². The monoisotopic (exact) mass is 455 g/mol. The van der Waals surface area contributed by atoms with Gasteiger partial charge in [-0.2, -0.15) is 0 Å². The summed E-state index contributed by atoms with van der Waals surface area (Å²) in [5.41, 5.74) is 1.55. The molecule has 9 heteroatoms. The fraction of sp³-hybridized carbons (Fsp3) is 0.318. The molecule has 2 aliphatic rings. The summed E-state index contributed by atoms with van der Waals surface area (Å²) in [4.78, 5) is 20.9. The zero-order chi connectivity index (χ0) is 21.8. The number of amides is 1. The Morgan fingerprint density at radius 3 is 2.84 bits per heavy atom. The Kier molecular flexibility index (Phi) is 4.57. The van der Waals surface area contributed by atoms with Gasteiger partial charge in [0.25, 0.3) is 5.91 Å². The molecule has 1 amide bonds. The number of carbonyl (C=O) groups excluding carboxylic acids is 1. The second kappa shape index (κ2) is 7.08. The first-order valence-corrected chi connectivity index (χ1v) is 12.0. The molecule has 0 radical (unpaired) electrons. The molecule has 1 N–H and O–H groups in total. The largest absolute Gasteiger partial charge is 0.440 e. The molecule has 0 aliphatic heterocycles. The van der Waals surface area contributed by atoms with Crippen LogP contribution in [0.1, 0.15) is 41.4 Å². The van der Waals surface area contributed by atoms with Crippen molar-refractivity contribution in [3.05, 3.63) is 53.0 Å². The Hall–Kier alpha value is -2.89. The standard InChI is InChI=1S/C22H18ClN3O4S/c1-31(28,29)19-8-13(5-7-24-19)20(27)25-16-4-6-22(12-16)10-14(11-22)21-26-17-9-15(23)2-3-18(17)30-21/h2-3,5,7-9,14,16H,10-12H2,1H3,(H,25,27)/t14-,16-,22-/m0/s1. The third-order valence-corrected chi connectivity index (χ3v) is 7.00. The lowest BCUT2D eigenvalue weighted by atomic mass is 9.61. The van der Waals surface area contributed by atoms with Crippen LogP contribution in [0.5, 0.6) is 0 Å². The Morgan fingerprint density at radius 2 is 2.06 bits per heavy atom. The summed E-state index contributed by atoms with van der Waals surface area (Å²) in [7, 11) is -3.49. The van der Waals surface area contributed by atoms with Crippen LogP contribution in [0.15, 0.2) is 46.0 Å². The molecule has 2 heterocycles. The minimum Gasteiger partial charge on any atom is -0.440 e. The first-order valence-electron chi connectivity index (χ1n) is 9.76. The van der Waals surface area contributed by atoms with E-state index in [1.807, 2.05) is 6.07 Å². The predicted octanol–water partition coefficient (Wildman–Crippen LogP) is 3.35. The fourth-order valence-electron chi connectivity index (χ4n) is 4.24. The van der Waals surface area contributed by atoms with Gasteiger partial charge in [0, 0.05) is 34.4 Å². The fourth-order valence-corrected chi connectivity index (χ4v) is 4.99. The van der Waals surface area contributed by atoms with Crippen LogP contribution in [-0.4, -0.2) is 36.6 Å². The van der Waals surface area contributed by atoms with E-state index in [9.17, 15) is 13.2 Å². The molecular formula is C22H18ClN3O4S. The van der Waals surface area contributed by atoms with E-state index < -0.39 is 9.84 Å². The molecule has 7 nitrogen and oxygen atoms in total. The quantitative estimate of drug-likeness (QED) is 0.605. The topological polar surface area (TPSA) is 102 Å². The highest BCUT2D eigenvalue weighted by Gasteiger charge is 2.49. The van der Waals surface area contributed by atoms with E-state index in [1.54, 1.807) is 12.1 Å². The van der Waals surface area contributed by atoms with Crippen molar-refractivity contribution >= 4 is 38.4 Å². The molecule has 158 valence electrons. The number of benzene rings is 1. The van der Waals surface area contributed by atoms with Crippen LogP contribution in [-0.2, 0) is 9.84 Å². The number of hydrogen-bond donors (Lipinski definition) is 1. The Labute approximate surface area is 184 Å². The van der Waals surface area contributed by atoms with E-state index in [2.05, 4.69) is 27.1 Å². The molecule has 3 aromatic rings. The smallest absolute Gasteiger partial charge is 0.252 e. The highest BCUT2D eigenvalue weighted by atomic mass is 35.5. The Morgan fingerprint density at radius 1 is 1.26 bits per heavy atom. The van der Waals surface area contributed by atoms with Crippen molar-refractivity contribution in [3.8, 4) is 11.8 Å². The molecule has 2 aliphatic carbocycles. The lowest BCUT2D eigenvalue weighted by Gasteiger charge is -2.41. The molecular weight excluding hydrogens is 438 g/mol. The van der Waals surface area contributed by atoms with Gasteiger partial charge in [0.1, 0.15) is 5.52 Å². The van der Waals surface area contributed by atoms with Crippen LogP contribution in [0.4, 0.5) is 0 Å². The van der Waals surface area contributed by atoms with E-state index in [4.69, 9.17) is 16.0 Å². The Balaban J connectivity index is 1.22. The third-order valence-electron chi connectivity index (χ3n) is 5.78. The molecule has 0 unspecified atom stereocenters. The number of aromatic nitrogens is 2. The highest BCUT2D eigenvalue weighted by Crippen LogP contribution is 2.55. The van der Waals surface area contributed by atoms with Crippen molar-refractivity contribution < 1.29 is 17.6 Å². The second-order valence-electron chi connectivity index (χ2n) is 8.20. The third kappa shape index (κ3) is 3.80. The number of fused-ring (bicyclic) bond motifs is 1. The van der Waals surface area contributed by atoms with Gasteiger partial charge in [0.2, 0.25) is 0 Å². The summed E-state index contributed by atoms with van der Waals surface area (Å²) in [6, 6.07) is 7.86. The van der Waals surface area contributed by atoms with Gasteiger partial charge < -0.3 is 9.73 Å². The summed E-state index contributed by atoms with van der Waals surface area (Å²) < 4.78 is 29.2. The molecule has 1 fully saturated rings. The molecule has 0 saturated heterocycles. The molecule has 1 spiro atoms. The maximum atomic E-state index is 12.6. The van der Waals surface area contributed by atoms with Crippen molar-refractivity contribution in [1.82, 2.24) is 15.3 Å². The number of nitrogens with one attached hydrogen (secondary N) is 1. The van der Waals surface area contributed by atoms with Crippen LogP contribution >= 0.6 is 11.6 Å². The van der Waals surface area contributed by atoms with E-state index in [0.29, 0.717) is 22.9 Å². The SMILES string of the molecule is CS(=O)(=O)c1cc(C(=O)N[C@H]2C#C[C@]3(C2)C[C@H](c2nc4cc(Cl)ccc4o2)C3)ccn1. The van der Waals surface area contributed by atoms with Crippen LogP contribution in [0, 0.1) is 17.3 Å². The lowest BCUT2D eigenvalue weighted by molar-refractivity contribution is 0.0922. The summed E-state index contributed by atoms with van der Waals surface area (Å²) in [6.45, 7) is 0. The number of rotatable bonds is 4. The number of oxazole rings is 1. The predicted molar refractivity (Wildman–Crippen MR) is 114 cm³/mol. The molecule has 1 saturated carbocycles. The molecule has 31 heavy (non-hydrogen) atoms. The van der Waals surface area contributed by atoms with Crippen molar-refractivity contribution in [2.45, 2.75) is 36.2 Å². The average molecular weight is 456 g/mol. The van der Waals surface area contributed by atoms with Gasteiger partial charge in [-0.1, -0.05) is 23.4 Å². The maximum Gasteiger partial charge on any atom is 0.252 e. The van der Waals surface area contributed by atoms with Gasteiger partial charge in [-0.05, 0) is 49.6 Å². The first kappa shape index (κ1) is 20.0. The molecule has 1 atom stereocenters. The van der Waals surface area contributed by atoms with Gasteiger partial charge in [0.05, 0.1) is 6.04 Å². The first-order chi connectivity index (χ1) is 14.7. The number of sulfone groups is 1. The summed E-state index contributed by atoms with van der Waals surface area (Å²) in [5, 5.41) is 3.38. The van der Waals surface area contributed by atoms with E-state index in [1.165, 1.54) is 18.3 Å². The molecule has 1 aromatic carbocycles. The average Bonchev–Trinajstić information content (AvgIpc) is 3.30. The van der Waals surface area contributed by atoms with E-state index in [-0.39, 0.29) is 33.9 Å². The van der Waals surface area contributed by atoms with Crippen LogP contribution in [0.25, 0.3) is 11.1 Å². The summed E-state index contributed by atoms with van der Waals surface area (Å²) >= 11 is 6.02. The van der Waals surface area contributed by atoms with Crippen LogP contribution in [0.3, 0.4) is 0 Å². The van der Waals surface area contributed by atoms with Gasteiger partial charge >= 0.3 is 0 Å². The van der Waals surface area contributed by atoms with Crippen molar-refractivity contribution in [2.75, 3.05) is 6.26 Å². The van der Waals surface area contributed by atoms with Gasteiger partial charge in [0.15, 0.2) is 26.3 Å². The molecule has 0 bridgehead atoms. The van der Waals surface area contributed by atoms with Gasteiger partial charge in [-0.25, -0.2) is 18.4 Å². The van der Waals surface area contributed by atoms with Crippen molar-refractivity contribution in [3.63, 3.8) is 0 Å². The summed E-state index contributed by atoms with van der Waals surface area (Å²) in [6.07, 6.45) is 4.70. The van der Waals surface area contributed by atoms with Crippen molar-refractivity contribution in [1.29, 1.82) is 0 Å². The number of carbonyl (C=O) groups is 1. The number of nitrogens with zero attached hydrogens (tertiary/aromatic N) is 2. The number of halogens is 1. The minimum atomic E-state index is -3.49. The number of hydrogen-bond acceptors (Lipinski definition) is 6. The number of pyridine rings is 1. The van der Waals surface area contributed by atoms with E-state index in [0.717, 1.165) is 24.6 Å². The second-order valence-corrected chi connectivity index (χ2v) is 10.6. The zero-order valence-corrected chi connectivity index (χ0v) is 18.1. The van der Waals surface area contributed by atoms with Crippen molar-refractivity contribution in [2.24, 2.45) is 5.41 Å². The minimum absolute atomic E-state index is 0.129.